The van der Waals surface area contributed by atoms with Crippen molar-refractivity contribution in [3.8, 4) is 0 Å². The maximum atomic E-state index is 6.02. The van der Waals surface area contributed by atoms with Crippen LogP contribution in [0.15, 0.2) is 24.3 Å². The number of likely N-dealkylation sites (tertiary alicyclic amines) is 1. The molecule has 0 spiro atoms. The van der Waals surface area contributed by atoms with Gasteiger partial charge in [-0.05, 0) is 74.8 Å². The summed E-state index contributed by atoms with van der Waals surface area (Å²) in [5.74, 6) is 0.820. The van der Waals surface area contributed by atoms with Crippen LogP contribution in [0.3, 0.4) is 0 Å². The van der Waals surface area contributed by atoms with Gasteiger partial charge in [-0.3, -0.25) is 0 Å². The number of hydrogen-bond acceptors (Lipinski definition) is 2. The highest BCUT2D eigenvalue weighted by atomic mass is 35.5. The van der Waals surface area contributed by atoms with Gasteiger partial charge in [-0.25, -0.2) is 0 Å². The Balaban J connectivity index is 1.62. The molecular weight excluding hydrogens is 280 g/mol. The summed E-state index contributed by atoms with van der Waals surface area (Å²) in [6.45, 7) is 6.03. The summed E-state index contributed by atoms with van der Waals surface area (Å²) in [6, 6.07) is 8.93. The number of rotatable bonds is 5. The van der Waals surface area contributed by atoms with E-state index in [9.17, 15) is 0 Å². The van der Waals surface area contributed by atoms with Crippen molar-refractivity contribution in [3.05, 3.63) is 34.9 Å². The van der Waals surface area contributed by atoms with Gasteiger partial charge in [0.15, 0.2) is 0 Å². The Bertz CT molecular complexity index is 459. The van der Waals surface area contributed by atoms with Crippen LogP contribution >= 0.6 is 11.6 Å². The first-order valence-electron chi connectivity index (χ1n) is 8.23. The van der Waals surface area contributed by atoms with E-state index in [0.29, 0.717) is 11.5 Å². The number of halogens is 1. The molecule has 1 aliphatic carbocycles. The topological polar surface area (TPSA) is 15.3 Å². The summed E-state index contributed by atoms with van der Waals surface area (Å²) in [5.41, 5.74) is 1.85. The second-order valence-corrected chi connectivity index (χ2v) is 7.80. The van der Waals surface area contributed by atoms with Gasteiger partial charge in [-0.1, -0.05) is 30.7 Å². The van der Waals surface area contributed by atoms with Gasteiger partial charge in [-0.2, -0.15) is 0 Å². The molecule has 1 saturated heterocycles. The van der Waals surface area contributed by atoms with Gasteiger partial charge in [-0.15, -0.1) is 0 Å². The van der Waals surface area contributed by atoms with E-state index in [4.69, 9.17) is 11.6 Å². The van der Waals surface area contributed by atoms with Crippen molar-refractivity contribution in [2.75, 3.05) is 26.7 Å². The highest BCUT2D eigenvalue weighted by Crippen LogP contribution is 2.42. The molecule has 0 bridgehead atoms. The summed E-state index contributed by atoms with van der Waals surface area (Å²) in [5, 5.41) is 4.71. The zero-order chi connectivity index (χ0) is 14.9. The van der Waals surface area contributed by atoms with Crippen LogP contribution in [0.25, 0.3) is 0 Å². The van der Waals surface area contributed by atoms with Crippen molar-refractivity contribution < 1.29 is 0 Å². The molecule has 1 unspecified atom stereocenters. The number of nitrogens with zero attached hydrogens (tertiary/aromatic N) is 1. The molecule has 0 amide bonds. The number of benzene rings is 1. The van der Waals surface area contributed by atoms with E-state index in [2.05, 4.69) is 36.3 Å². The summed E-state index contributed by atoms with van der Waals surface area (Å²) >= 11 is 6.02. The molecule has 21 heavy (non-hydrogen) atoms. The predicted molar refractivity (Wildman–Crippen MR) is 89.8 cm³/mol. The Morgan fingerprint density at radius 3 is 2.43 bits per heavy atom. The maximum Gasteiger partial charge on any atom is 0.0406 e. The standard InChI is InChI=1S/C18H27ClN2/c1-18(9-11-21(2)12-10-18)13-20-17(14-3-4-14)15-5-7-16(19)8-6-15/h5-8,14,17,20H,3-4,9-13H2,1-2H3. The van der Waals surface area contributed by atoms with Crippen LogP contribution in [0, 0.1) is 11.3 Å². The van der Waals surface area contributed by atoms with Gasteiger partial charge in [0.2, 0.25) is 0 Å². The predicted octanol–water partition coefficient (Wildman–Crippen LogP) is 4.11. The van der Waals surface area contributed by atoms with E-state index in [1.165, 1.54) is 44.3 Å². The first kappa shape index (κ1) is 15.3. The summed E-state index contributed by atoms with van der Waals surface area (Å²) in [6.07, 6.45) is 5.32. The molecular formula is C18H27ClN2. The van der Waals surface area contributed by atoms with E-state index in [1.807, 2.05) is 12.1 Å². The average Bonchev–Trinajstić information content (AvgIpc) is 3.29. The minimum atomic E-state index is 0.450. The second kappa shape index (κ2) is 6.28. The molecule has 0 aromatic heterocycles. The smallest absolute Gasteiger partial charge is 0.0406 e. The Morgan fingerprint density at radius 1 is 1.24 bits per heavy atom. The lowest BCUT2D eigenvalue weighted by molar-refractivity contribution is 0.132. The van der Waals surface area contributed by atoms with Crippen molar-refractivity contribution in [2.24, 2.45) is 11.3 Å². The van der Waals surface area contributed by atoms with Crippen molar-refractivity contribution in [2.45, 2.75) is 38.6 Å². The molecule has 1 heterocycles. The van der Waals surface area contributed by atoms with Crippen molar-refractivity contribution in [3.63, 3.8) is 0 Å². The number of hydrogen-bond donors (Lipinski definition) is 1. The van der Waals surface area contributed by atoms with Crippen molar-refractivity contribution >= 4 is 11.6 Å². The van der Waals surface area contributed by atoms with E-state index in [0.717, 1.165) is 17.5 Å². The lowest BCUT2D eigenvalue weighted by Gasteiger charge is -2.39. The fraction of sp³-hybridized carbons (Fsp3) is 0.667. The lowest BCUT2D eigenvalue weighted by atomic mass is 9.80. The monoisotopic (exact) mass is 306 g/mol. The largest absolute Gasteiger partial charge is 0.309 e. The Labute approximate surface area is 133 Å². The van der Waals surface area contributed by atoms with Crippen LogP contribution in [-0.4, -0.2) is 31.6 Å². The number of nitrogens with one attached hydrogen (secondary N) is 1. The number of piperidine rings is 1. The van der Waals surface area contributed by atoms with E-state index >= 15 is 0 Å². The molecule has 1 saturated carbocycles. The maximum absolute atomic E-state index is 6.02. The third kappa shape index (κ3) is 4.00. The first-order valence-corrected chi connectivity index (χ1v) is 8.61. The van der Waals surface area contributed by atoms with Gasteiger partial charge in [0, 0.05) is 17.6 Å². The third-order valence-electron chi connectivity index (χ3n) is 5.27. The quantitative estimate of drug-likeness (QED) is 0.880. The highest BCUT2D eigenvalue weighted by Gasteiger charge is 2.35. The fourth-order valence-corrected chi connectivity index (χ4v) is 3.47. The van der Waals surface area contributed by atoms with Crippen LogP contribution < -0.4 is 5.32 Å². The third-order valence-corrected chi connectivity index (χ3v) is 5.52. The molecule has 2 fully saturated rings. The molecule has 1 aliphatic heterocycles. The summed E-state index contributed by atoms with van der Waals surface area (Å²) in [7, 11) is 2.23. The minimum Gasteiger partial charge on any atom is -0.309 e. The van der Waals surface area contributed by atoms with Crippen LogP contribution in [0.2, 0.25) is 5.02 Å². The highest BCUT2D eigenvalue weighted by molar-refractivity contribution is 6.30. The molecule has 1 atom stereocenters. The molecule has 1 N–H and O–H groups in total. The van der Waals surface area contributed by atoms with E-state index < -0.39 is 0 Å². The summed E-state index contributed by atoms with van der Waals surface area (Å²) in [4.78, 5) is 2.44. The van der Waals surface area contributed by atoms with Gasteiger partial charge in [0.05, 0.1) is 0 Å². The molecule has 116 valence electrons. The zero-order valence-corrected chi connectivity index (χ0v) is 14.0. The van der Waals surface area contributed by atoms with Crippen molar-refractivity contribution in [1.29, 1.82) is 0 Å². The summed E-state index contributed by atoms with van der Waals surface area (Å²) < 4.78 is 0. The molecule has 0 radical (unpaired) electrons. The van der Waals surface area contributed by atoms with Gasteiger partial charge in [0.1, 0.15) is 0 Å². The first-order chi connectivity index (χ1) is 10.1. The van der Waals surface area contributed by atoms with Gasteiger partial charge >= 0.3 is 0 Å². The van der Waals surface area contributed by atoms with E-state index in [1.54, 1.807) is 0 Å². The van der Waals surface area contributed by atoms with Crippen LogP contribution in [0.5, 0.6) is 0 Å². The Hall–Kier alpha value is -0.570. The average molecular weight is 307 g/mol. The fourth-order valence-electron chi connectivity index (χ4n) is 3.35. The molecule has 3 heteroatoms. The Kier molecular flexibility index (Phi) is 4.58. The zero-order valence-electron chi connectivity index (χ0n) is 13.2. The molecule has 2 nitrogen and oxygen atoms in total. The van der Waals surface area contributed by atoms with Crippen LogP contribution in [0.1, 0.15) is 44.2 Å². The normalized spacial score (nSPS) is 24.0. The lowest BCUT2D eigenvalue weighted by Crippen LogP contribution is -2.43. The van der Waals surface area contributed by atoms with Gasteiger partial charge in [0.25, 0.3) is 0 Å². The van der Waals surface area contributed by atoms with Gasteiger partial charge < -0.3 is 10.2 Å². The molecule has 1 aromatic carbocycles. The molecule has 1 aromatic rings. The van der Waals surface area contributed by atoms with Crippen LogP contribution in [0.4, 0.5) is 0 Å². The Morgan fingerprint density at radius 2 is 1.86 bits per heavy atom. The second-order valence-electron chi connectivity index (χ2n) is 7.36. The van der Waals surface area contributed by atoms with Crippen LogP contribution in [-0.2, 0) is 0 Å². The molecule has 3 rings (SSSR count). The van der Waals surface area contributed by atoms with E-state index in [-0.39, 0.29) is 0 Å². The minimum absolute atomic E-state index is 0.450. The SMILES string of the molecule is CN1CCC(C)(CNC(c2ccc(Cl)cc2)C2CC2)CC1. The van der Waals surface area contributed by atoms with Crippen molar-refractivity contribution in [1.82, 2.24) is 10.2 Å². The molecule has 2 aliphatic rings.